The van der Waals surface area contributed by atoms with Gasteiger partial charge in [-0.25, -0.2) is 0 Å². The molecule has 0 aliphatic rings. The number of Topliss-reactive ketones (excluding diaryl/α,β-unsaturated/α-hetero) is 1. The van der Waals surface area contributed by atoms with Gasteiger partial charge in [0, 0.05) is 12.8 Å². The number of aliphatic hydroxyl groups excluding tert-OH is 2. The van der Waals surface area contributed by atoms with Crippen LogP contribution in [-0.4, -0.2) is 28.7 Å². The smallest absolute Gasteiger partial charge is 0.132 e. The Bertz CT molecular complexity index is 343. The lowest BCUT2D eigenvalue weighted by molar-refractivity contribution is -0.118. The Morgan fingerprint density at radius 2 is 1.52 bits per heavy atom. The summed E-state index contributed by atoms with van der Waals surface area (Å²) in [6.45, 7) is 5.63. The van der Waals surface area contributed by atoms with Crippen molar-refractivity contribution >= 4 is 29.0 Å². The molecule has 0 aromatic heterocycles. The van der Waals surface area contributed by atoms with Gasteiger partial charge in [-0.05, 0) is 18.6 Å². The molecule has 0 aliphatic heterocycles. The van der Waals surface area contributed by atoms with Gasteiger partial charge in [0.2, 0.25) is 0 Å². The SMILES string of the molecule is CCC(=O)CC.CCCC(O)CO.Clc1ccccc1Cl. The number of ketones is 1. The van der Waals surface area contributed by atoms with Crippen molar-refractivity contribution in [2.24, 2.45) is 0 Å². The summed E-state index contributed by atoms with van der Waals surface area (Å²) in [4.78, 5) is 10.2. The summed E-state index contributed by atoms with van der Waals surface area (Å²) in [5.74, 6) is 0.343. The third kappa shape index (κ3) is 15.6. The van der Waals surface area contributed by atoms with Gasteiger partial charge in [0.1, 0.15) is 5.78 Å². The van der Waals surface area contributed by atoms with E-state index in [0.717, 1.165) is 6.42 Å². The first-order chi connectivity index (χ1) is 9.92. The van der Waals surface area contributed by atoms with Crippen molar-refractivity contribution in [3.05, 3.63) is 34.3 Å². The number of rotatable bonds is 5. The molecule has 0 amide bonds. The van der Waals surface area contributed by atoms with Crippen LogP contribution in [-0.2, 0) is 4.79 Å². The van der Waals surface area contributed by atoms with Gasteiger partial charge < -0.3 is 10.2 Å². The molecule has 1 rings (SSSR count). The van der Waals surface area contributed by atoms with Crippen LogP contribution in [0.1, 0.15) is 46.5 Å². The molecule has 0 heterocycles. The van der Waals surface area contributed by atoms with E-state index in [2.05, 4.69) is 0 Å². The van der Waals surface area contributed by atoms with E-state index in [9.17, 15) is 4.79 Å². The Kier molecular flexibility index (Phi) is 17.0. The monoisotopic (exact) mass is 336 g/mol. The largest absolute Gasteiger partial charge is 0.394 e. The molecule has 0 fully saturated rings. The molecular formula is C16H26Cl2O3. The predicted molar refractivity (Wildman–Crippen MR) is 90.1 cm³/mol. The lowest BCUT2D eigenvalue weighted by Gasteiger charge is -2.01. The van der Waals surface area contributed by atoms with Gasteiger partial charge >= 0.3 is 0 Å². The first kappa shape index (κ1) is 22.7. The van der Waals surface area contributed by atoms with Crippen molar-refractivity contribution in [1.29, 1.82) is 0 Å². The van der Waals surface area contributed by atoms with Crippen LogP contribution in [0.3, 0.4) is 0 Å². The highest BCUT2D eigenvalue weighted by molar-refractivity contribution is 6.41. The molecular weight excluding hydrogens is 311 g/mol. The summed E-state index contributed by atoms with van der Waals surface area (Å²) < 4.78 is 0. The number of benzene rings is 1. The molecule has 1 unspecified atom stereocenters. The zero-order valence-electron chi connectivity index (χ0n) is 13.0. The van der Waals surface area contributed by atoms with E-state index in [1.807, 2.05) is 32.9 Å². The molecule has 3 nitrogen and oxygen atoms in total. The van der Waals surface area contributed by atoms with Crippen molar-refractivity contribution in [2.75, 3.05) is 6.61 Å². The van der Waals surface area contributed by atoms with Crippen LogP contribution in [0.5, 0.6) is 0 Å². The van der Waals surface area contributed by atoms with E-state index < -0.39 is 6.10 Å². The first-order valence-corrected chi connectivity index (χ1v) is 7.88. The first-order valence-electron chi connectivity index (χ1n) is 7.13. The highest BCUT2D eigenvalue weighted by Crippen LogP contribution is 2.19. The average molecular weight is 337 g/mol. The van der Waals surface area contributed by atoms with Crippen LogP contribution in [0.25, 0.3) is 0 Å². The minimum Gasteiger partial charge on any atom is -0.394 e. The Morgan fingerprint density at radius 3 is 1.67 bits per heavy atom. The van der Waals surface area contributed by atoms with Gasteiger partial charge in [-0.15, -0.1) is 0 Å². The summed E-state index contributed by atoms with van der Waals surface area (Å²) in [7, 11) is 0. The Labute approximate surface area is 137 Å². The average Bonchev–Trinajstić information content (AvgIpc) is 2.51. The molecule has 21 heavy (non-hydrogen) atoms. The number of carbonyl (C=O) groups excluding carboxylic acids is 1. The molecule has 0 bridgehead atoms. The van der Waals surface area contributed by atoms with Crippen molar-refractivity contribution in [1.82, 2.24) is 0 Å². The second-order valence-corrected chi connectivity index (χ2v) is 5.10. The summed E-state index contributed by atoms with van der Waals surface area (Å²) in [6.07, 6.45) is 2.52. The number of aliphatic hydroxyl groups is 2. The van der Waals surface area contributed by atoms with Crippen molar-refractivity contribution in [3.63, 3.8) is 0 Å². The number of carbonyl (C=O) groups is 1. The second kappa shape index (κ2) is 15.8. The highest BCUT2D eigenvalue weighted by atomic mass is 35.5. The quantitative estimate of drug-likeness (QED) is 0.831. The van der Waals surface area contributed by atoms with Crippen LogP contribution >= 0.6 is 23.2 Å². The predicted octanol–water partition coefficient (Wildman–Crippen LogP) is 4.51. The third-order valence-corrected chi connectivity index (χ3v) is 3.20. The van der Waals surface area contributed by atoms with E-state index in [1.165, 1.54) is 0 Å². The van der Waals surface area contributed by atoms with Crippen molar-refractivity contribution in [3.8, 4) is 0 Å². The maximum atomic E-state index is 10.2. The molecule has 0 saturated heterocycles. The van der Waals surface area contributed by atoms with Crippen molar-refractivity contribution in [2.45, 2.75) is 52.6 Å². The Morgan fingerprint density at radius 1 is 1.10 bits per heavy atom. The van der Waals surface area contributed by atoms with Gasteiger partial charge in [-0.3, -0.25) is 4.79 Å². The molecule has 1 aromatic rings. The second-order valence-electron chi connectivity index (χ2n) is 4.28. The third-order valence-electron chi connectivity index (χ3n) is 2.45. The minimum atomic E-state index is -0.495. The van der Waals surface area contributed by atoms with Gasteiger partial charge in [0.25, 0.3) is 0 Å². The van der Waals surface area contributed by atoms with Crippen molar-refractivity contribution < 1.29 is 15.0 Å². The van der Waals surface area contributed by atoms with Crippen LogP contribution in [0.2, 0.25) is 10.0 Å². The molecule has 2 N–H and O–H groups in total. The standard InChI is InChI=1S/C6H4Cl2.C5H12O2.C5H10O/c7-5-3-1-2-4-6(5)8;1-2-3-5(7)4-6;1-3-5(6)4-2/h1-4H;5-7H,2-4H2,1H3;3-4H2,1-2H3. The summed E-state index contributed by atoms with van der Waals surface area (Å²) in [5.41, 5.74) is 0. The summed E-state index contributed by atoms with van der Waals surface area (Å²) in [6, 6.07) is 7.19. The van der Waals surface area contributed by atoms with Gasteiger partial charge in [0.05, 0.1) is 22.8 Å². The van der Waals surface area contributed by atoms with Crippen LogP contribution in [0.4, 0.5) is 0 Å². The van der Waals surface area contributed by atoms with E-state index in [1.54, 1.807) is 12.1 Å². The normalized spacial score (nSPS) is 10.6. The van der Waals surface area contributed by atoms with E-state index in [-0.39, 0.29) is 6.61 Å². The minimum absolute atomic E-state index is 0.103. The fourth-order valence-electron chi connectivity index (χ4n) is 1.11. The van der Waals surface area contributed by atoms with E-state index >= 15 is 0 Å². The number of halogens is 2. The molecule has 122 valence electrons. The van der Waals surface area contributed by atoms with Crippen LogP contribution < -0.4 is 0 Å². The Balaban J connectivity index is 0. The van der Waals surface area contributed by atoms with Crippen LogP contribution in [0.15, 0.2) is 24.3 Å². The fourth-order valence-corrected chi connectivity index (χ4v) is 1.39. The number of hydrogen-bond donors (Lipinski definition) is 2. The topological polar surface area (TPSA) is 57.5 Å². The maximum absolute atomic E-state index is 10.2. The van der Waals surface area contributed by atoms with Gasteiger partial charge in [-0.2, -0.15) is 0 Å². The zero-order chi connectivity index (χ0) is 16.7. The molecule has 0 aliphatic carbocycles. The molecule has 1 atom stereocenters. The molecule has 5 heteroatoms. The van der Waals surface area contributed by atoms with E-state index in [4.69, 9.17) is 33.4 Å². The summed E-state index contributed by atoms with van der Waals surface area (Å²) >= 11 is 11.2. The lowest BCUT2D eigenvalue weighted by atomic mass is 10.2. The molecule has 0 saturated carbocycles. The lowest BCUT2D eigenvalue weighted by Crippen LogP contribution is -2.10. The van der Waals surface area contributed by atoms with E-state index in [0.29, 0.717) is 35.1 Å². The van der Waals surface area contributed by atoms with Gasteiger partial charge in [0.15, 0.2) is 0 Å². The highest BCUT2D eigenvalue weighted by Gasteiger charge is 1.96. The summed E-state index contributed by atoms with van der Waals surface area (Å²) in [5, 5.41) is 18.0. The molecule has 1 aromatic carbocycles. The molecule has 0 radical (unpaired) electrons. The maximum Gasteiger partial charge on any atom is 0.132 e. The van der Waals surface area contributed by atoms with Gasteiger partial charge in [-0.1, -0.05) is 62.5 Å². The Hall–Kier alpha value is -0.610. The number of hydrogen-bond acceptors (Lipinski definition) is 3. The fraction of sp³-hybridized carbons (Fsp3) is 0.562. The molecule has 0 spiro atoms. The van der Waals surface area contributed by atoms with Crippen LogP contribution in [0, 0.1) is 0 Å². The zero-order valence-corrected chi connectivity index (χ0v) is 14.5.